The highest BCUT2D eigenvalue weighted by atomic mass is 19.3. The Bertz CT molecular complexity index is 170. The van der Waals surface area contributed by atoms with E-state index in [1.165, 1.54) is 0 Å². The van der Waals surface area contributed by atoms with Crippen molar-refractivity contribution in [2.24, 2.45) is 11.3 Å². The van der Waals surface area contributed by atoms with Crippen molar-refractivity contribution in [2.45, 2.75) is 46.1 Å². The topological polar surface area (TPSA) is 12.0 Å². The van der Waals surface area contributed by atoms with Gasteiger partial charge in [0.2, 0.25) is 0 Å². The molecule has 1 rings (SSSR count). The zero-order valence-corrected chi connectivity index (χ0v) is 8.66. The van der Waals surface area contributed by atoms with E-state index in [9.17, 15) is 8.78 Å². The van der Waals surface area contributed by atoms with Crippen LogP contribution in [-0.2, 0) is 0 Å². The van der Waals surface area contributed by atoms with Gasteiger partial charge in [0.25, 0.3) is 0 Å². The molecular weight excluding hydrogens is 172 g/mol. The van der Waals surface area contributed by atoms with E-state index in [4.69, 9.17) is 0 Å². The second-order valence-corrected chi connectivity index (χ2v) is 5.25. The largest absolute Gasteiger partial charge is 0.302 e. The molecule has 0 aromatic rings. The van der Waals surface area contributed by atoms with Gasteiger partial charge in [-0.2, -0.15) is 8.78 Å². The zero-order chi connectivity index (χ0) is 10.1. The quantitative estimate of drug-likeness (QED) is 0.628. The first-order valence-corrected chi connectivity index (χ1v) is 4.91. The van der Waals surface area contributed by atoms with Crippen molar-refractivity contribution >= 4 is 0 Å². The minimum absolute atomic E-state index is 0.00424. The molecule has 1 unspecified atom stereocenters. The summed E-state index contributed by atoms with van der Waals surface area (Å²) in [4.78, 5) is 0. The molecule has 1 aliphatic rings. The molecule has 0 saturated carbocycles. The van der Waals surface area contributed by atoms with Crippen molar-refractivity contribution in [3.05, 3.63) is 0 Å². The van der Waals surface area contributed by atoms with Gasteiger partial charge in [-0.3, -0.25) is 5.32 Å². The molecule has 0 aromatic carbocycles. The molecule has 0 aromatic heterocycles. The van der Waals surface area contributed by atoms with Crippen LogP contribution in [-0.4, -0.2) is 12.6 Å². The van der Waals surface area contributed by atoms with Gasteiger partial charge >= 0.3 is 6.05 Å². The summed E-state index contributed by atoms with van der Waals surface area (Å²) in [5.41, 5.74) is 0.165. The minimum Gasteiger partial charge on any atom is -0.258 e. The van der Waals surface area contributed by atoms with Gasteiger partial charge in [0, 0.05) is 13.0 Å². The lowest BCUT2D eigenvalue weighted by Crippen LogP contribution is -2.44. The summed E-state index contributed by atoms with van der Waals surface area (Å²) in [7, 11) is 0. The first-order valence-electron chi connectivity index (χ1n) is 4.91. The highest BCUT2D eigenvalue weighted by Gasteiger charge is 2.36. The third kappa shape index (κ3) is 4.03. The molecule has 1 saturated heterocycles. The van der Waals surface area contributed by atoms with Crippen LogP contribution in [0.1, 0.15) is 40.0 Å². The van der Waals surface area contributed by atoms with Gasteiger partial charge in [0.15, 0.2) is 0 Å². The normalized spacial score (nSPS) is 28.8. The van der Waals surface area contributed by atoms with Crippen molar-refractivity contribution in [2.75, 3.05) is 6.54 Å². The lowest BCUT2D eigenvalue weighted by Gasteiger charge is -2.33. The van der Waals surface area contributed by atoms with Crippen LogP contribution in [0.15, 0.2) is 0 Å². The Morgan fingerprint density at radius 3 is 2.46 bits per heavy atom. The molecule has 1 aliphatic heterocycles. The predicted octanol–water partition coefficient (Wildman–Crippen LogP) is 3.02. The molecular formula is C10H19F2N. The van der Waals surface area contributed by atoms with Crippen LogP contribution in [0, 0.1) is 11.3 Å². The number of hydrogen-bond donors (Lipinski definition) is 1. The Hall–Kier alpha value is -0.180. The first-order chi connectivity index (χ1) is 5.79. The number of rotatable bonds is 1. The van der Waals surface area contributed by atoms with E-state index in [-0.39, 0.29) is 17.8 Å². The van der Waals surface area contributed by atoms with Gasteiger partial charge < -0.3 is 0 Å². The van der Waals surface area contributed by atoms with E-state index in [1.807, 2.05) is 0 Å². The van der Waals surface area contributed by atoms with Crippen LogP contribution in [0.5, 0.6) is 0 Å². The van der Waals surface area contributed by atoms with E-state index >= 15 is 0 Å². The summed E-state index contributed by atoms with van der Waals surface area (Å²) in [5.74, 6) is 0.177. The third-order valence-electron chi connectivity index (χ3n) is 2.38. The van der Waals surface area contributed by atoms with Crippen LogP contribution in [0.4, 0.5) is 8.78 Å². The maximum absolute atomic E-state index is 12.9. The predicted molar refractivity (Wildman–Crippen MR) is 49.7 cm³/mol. The van der Waals surface area contributed by atoms with Gasteiger partial charge in [-0.05, 0) is 24.2 Å². The monoisotopic (exact) mass is 191 g/mol. The summed E-state index contributed by atoms with van der Waals surface area (Å²) < 4.78 is 25.8. The molecule has 0 radical (unpaired) electrons. The van der Waals surface area contributed by atoms with E-state index in [2.05, 4.69) is 26.1 Å². The molecule has 1 heterocycles. The average Bonchev–Trinajstić information content (AvgIpc) is 1.79. The van der Waals surface area contributed by atoms with Crippen molar-refractivity contribution in [1.29, 1.82) is 0 Å². The maximum Gasteiger partial charge on any atom is 0.302 e. The van der Waals surface area contributed by atoms with E-state index in [0.29, 0.717) is 6.54 Å². The highest BCUT2D eigenvalue weighted by molar-refractivity contribution is 4.80. The maximum atomic E-state index is 12.9. The van der Waals surface area contributed by atoms with Crippen LogP contribution >= 0.6 is 0 Å². The molecule has 1 N–H and O–H groups in total. The van der Waals surface area contributed by atoms with Gasteiger partial charge in [-0.1, -0.05) is 20.8 Å². The SMILES string of the molecule is CC(C)(C)CC1CCNC(F)(F)C1. The standard InChI is InChI=1S/C10H19F2N/c1-9(2,3)6-8-4-5-13-10(11,12)7-8/h8,13H,4-7H2,1-3H3. The van der Waals surface area contributed by atoms with Gasteiger partial charge in [-0.15, -0.1) is 0 Å². The van der Waals surface area contributed by atoms with Gasteiger partial charge in [-0.25, -0.2) is 0 Å². The second-order valence-electron chi connectivity index (χ2n) is 5.25. The van der Waals surface area contributed by atoms with Crippen molar-refractivity contribution in [3.8, 4) is 0 Å². The summed E-state index contributed by atoms with van der Waals surface area (Å²) in [6.07, 6.45) is 1.78. The van der Waals surface area contributed by atoms with Gasteiger partial charge in [0.1, 0.15) is 0 Å². The molecule has 0 aliphatic carbocycles. The van der Waals surface area contributed by atoms with E-state index in [0.717, 1.165) is 12.8 Å². The number of halogens is 2. The molecule has 0 spiro atoms. The van der Waals surface area contributed by atoms with Crippen LogP contribution < -0.4 is 5.32 Å². The smallest absolute Gasteiger partial charge is 0.258 e. The molecule has 0 bridgehead atoms. The Kier molecular flexibility index (Phi) is 2.95. The first kappa shape index (κ1) is 10.9. The van der Waals surface area contributed by atoms with Crippen LogP contribution in [0.3, 0.4) is 0 Å². The number of piperidine rings is 1. The lowest BCUT2D eigenvalue weighted by molar-refractivity contribution is -0.0786. The second kappa shape index (κ2) is 3.52. The lowest BCUT2D eigenvalue weighted by atomic mass is 9.80. The molecule has 0 amide bonds. The van der Waals surface area contributed by atoms with Crippen molar-refractivity contribution in [1.82, 2.24) is 5.32 Å². The van der Waals surface area contributed by atoms with Gasteiger partial charge in [0.05, 0.1) is 0 Å². The summed E-state index contributed by atoms with van der Waals surface area (Å²) in [6.45, 7) is 6.77. The van der Waals surface area contributed by atoms with Crippen molar-refractivity contribution in [3.63, 3.8) is 0 Å². The number of hydrogen-bond acceptors (Lipinski definition) is 1. The third-order valence-corrected chi connectivity index (χ3v) is 2.38. The Morgan fingerprint density at radius 2 is 2.00 bits per heavy atom. The molecule has 1 atom stereocenters. The fourth-order valence-electron chi connectivity index (χ4n) is 2.04. The zero-order valence-electron chi connectivity index (χ0n) is 8.66. The summed E-state index contributed by atoms with van der Waals surface area (Å²) >= 11 is 0. The molecule has 1 nitrogen and oxygen atoms in total. The molecule has 78 valence electrons. The summed E-state index contributed by atoms with van der Waals surface area (Å²) in [5, 5.41) is 2.24. The average molecular weight is 191 g/mol. The minimum atomic E-state index is -2.63. The summed E-state index contributed by atoms with van der Waals surface area (Å²) in [6, 6.07) is -2.63. The number of nitrogens with one attached hydrogen (secondary N) is 1. The Morgan fingerprint density at radius 1 is 1.38 bits per heavy atom. The Labute approximate surface area is 78.9 Å². The molecule has 1 fully saturated rings. The number of alkyl halides is 2. The van der Waals surface area contributed by atoms with Crippen LogP contribution in [0.2, 0.25) is 0 Å². The van der Waals surface area contributed by atoms with Crippen LogP contribution in [0.25, 0.3) is 0 Å². The molecule has 3 heteroatoms. The fraction of sp³-hybridized carbons (Fsp3) is 1.00. The van der Waals surface area contributed by atoms with Crippen molar-refractivity contribution < 1.29 is 8.78 Å². The van der Waals surface area contributed by atoms with E-state index in [1.54, 1.807) is 0 Å². The Balaban J connectivity index is 2.44. The molecule has 13 heavy (non-hydrogen) atoms. The highest BCUT2D eigenvalue weighted by Crippen LogP contribution is 2.35. The van der Waals surface area contributed by atoms with E-state index < -0.39 is 6.05 Å². The fourth-order valence-corrected chi connectivity index (χ4v) is 2.04.